The Hall–Kier alpha value is -6.38. The zero-order valence-corrected chi connectivity index (χ0v) is 57.7. The van der Waals surface area contributed by atoms with Gasteiger partial charge in [0.2, 0.25) is 17.7 Å². The van der Waals surface area contributed by atoms with E-state index in [1.165, 1.54) is 16.0 Å². The number of aryl methyl sites for hydroxylation is 3. The Kier molecular flexibility index (Phi) is 26.9. The number of likely N-dealkylation sites (tertiary alicyclic amines) is 1. The van der Waals surface area contributed by atoms with Crippen LogP contribution in [0, 0.1) is 26.2 Å². The molecule has 5 heterocycles. The van der Waals surface area contributed by atoms with Gasteiger partial charge in [-0.15, -0.1) is 32.1 Å². The highest BCUT2D eigenvalue weighted by Gasteiger charge is 2.44. The number of nitrogens with zero attached hydrogens (tertiary/aromatic N) is 5. The molecule has 20 heteroatoms. The van der Waals surface area contributed by atoms with Crippen molar-refractivity contribution < 1.29 is 43.2 Å². The van der Waals surface area contributed by atoms with E-state index in [1.54, 1.807) is 11.3 Å². The van der Waals surface area contributed by atoms with E-state index in [9.17, 15) is 19.5 Å². The number of halogens is 2. The van der Waals surface area contributed by atoms with Crippen LogP contribution in [-0.4, -0.2) is 147 Å². The molecule has 0 radical (unpaired) electrons. The zero-order chi connectivity index (χ0) is 64.0. The van der Waals surface area contributed by atoms with Crippen molar-refractivity contribution in [3.8, 4) is 49.8 Å². The van der Waals surface area contributed by atoms with Gasteiger partial charge in [0.05, 0.1) is 93.0 Å². The number of carbonyl (C=O) groups excluding carboxylic acids is 3. The fourth-order valence-electron chi connectivity index (χ4n) is 10.3. The Morgan fingerprint density at radius 3 is 2.14 bits per heavy atom. The molecule has 90 heavy (non-hydrogen) atoms. The van der Waals surface area contributed by atoms with Crippen LogP contribution >= 0.6 is 54.7 Å². The summed E-state index contributed by atoms with van der Waals surface area (Å²) in [4.78, 5) is 62.2. The third kappa shape index (κ3) is 20.1. The molecule has 4 N–H and O–H groups in total. The lowest BCUT2D eigenvalue weighted by atomic mass is 9.85. The number of β-amino-alcohol motifs (C(OH)–C–C–N with tert-alkyl or cyclic N) is 1. The van der Waals surface area contributed by atoms with Crippen LogP contribution in [0.2, 0.25) is 0 Å². The topological polar surface area (TPSA) is 208 Å². The van der Waals surface area contributed by atoms with Crippen LogP contribution in [0.15, 0.2) is 115 Å². The van der Waals surface area contributed by atoms with Crippen molar-refractivity contribution in [1.82, 2.24) is 35.5 Å². The number of alkyl halides is 2. The maximum atomic E-state index is 14.0. The summed E-state index contributed by atoms with van der Waals surface area (Å²) in [7, 11) is 0. The van der Waals surface area contributed by atoms with Gasteiger partial charge in [0, 0.05) is 87.2 Å². The lowest BCUT2D eigenvalue weighted by Crippen LogP contribution is -2.57. The molecule has 3 amide bonds. The SMILES string of the molecule is C=ICC(I)c1cc(/C=C/c2cc(-c3ccccc3OCCC)cnc2-c2cnc(-c3ccc(NCCOCCOCCOCCOCCC(=O)N[C@H](C(=O)N4C[C@H](O)C[C@H]4C(=O)NCc4ccc(-c5scnc5C)cc4)C(C)(C)C)nc3)c(C)c2)ccc1C. The number of aliphatic hydroxyl groups is 1. The molecule has 17 nitrogen and oxygen atoms in total. The number of benzene rings is 3. The molecule has 0 bridgehead atoms. The number of hydrogen-bond donors (Lipinski definition) is 4. The Balaban J connectivity index is 0.709. The summed E-state index contributed by atoms with van der Waals surface area (Å²) in [5.74, 6) is 0.427. The van der Waals surface area contributed by atoms with Gasteiger partial charge >= 0.3 is 0 Å². The van der Waals surface area contributed by atoms with Crippen molar-refractivity contribution in [2.75, 3.05) is 82.3 Å². The number of para-hydroxylation sites is 1. The molecule has 8 rings (SSSR count). The quantitative estimate of drug-likeness (QED) is 0.0171. The van der Waals surface area contributed by atoms with Gasteiger partial charge in [-0.1, -0.05) is 128 Å². The second kappa shape index (κ2) is 34.9. The Labute approximate surface area is 557 Å². The van der Waals surface area contributed by atoms with E-state index >= 15 is 0 Å². The van der Waals surface area contributed by atoms with Gasteiger partial charge in [0.15, 0.2) is 0 Å². The van der Waals surface area contributed by atoms with Gasteiger partial charge in [-0.05, 0) is 96.3 Å². The first-order chi connectivity index (χ1) is 43.5. The number of hydrogen-bond acceptors (Lipinski definition) is 15. The third-order valence-electron chi connectivity index (χ3n) is 15.2. The number of amides is 3. The average molecular weight is 1470 g/mol. The van der Waals surface area contributed by atoms with Crippen LogP contribution in [0.5, 0.6) is 5.75 Å². The summed E-state index contributed by atoms with van der Waals surface area (Å²) in [5, 5.41) is 19.7. The molecule has 0 aliphatic carbocycles. The van der Waals surface area contributed by atoms with E-state index in [1.807, 2.05) is 106 Å². The highest BCUT2D eigenvalue weighted by molar-refractivity contribution is 14.2. The van der Waals surface area contributed by atoms with Crippen LogP contribution in [0.3, 0.4) is 0 Å². The molecule has 478 valence electrons. The van der Waals surface area contributed by atoms with Gasteiger partial charge in [0.1, 0.15) is 23.7 Å². The number of nitrogens with one attached hydrogen (secondary N) is 3. The summed E-state index contributed by atoms with van der Waals surface area (Å²) >= 11 is 4.07. The minimum Gasteiger partial charge on any atom is -0.493 e. The second-order valence-corrected chi connectivity index (χ2v) is 27.5. The highest BCUT2D eigenvalue weighted by Crippen LogP contribution is 2.36. The lowest BCUT2D eigenvalue weighted by Gasteiger charge is -2.35. The Morgan fingerprint density at radius 2 is 1.47 bits per heavy atom. The number of aromatic nitrogens is 4. The number of pyridine rings is 3. The van der Waals surface area contributed by atoms with Crippen molar-refractivity contribution in [2.24, 2.45) is 5.41 Å². The van der Waals surface area contributed by atoms with Crippen molar-refractivity contribution in [3.05, 3.63) is 154 Å². The summed E-state index contributed by atoms with van der Waals surface area (Å²) in [5.41, 5.74) is 15.3. The van der Waals surface area contributed by atoms with Crippen molar-refractivity contribution in [1.29, 1.82) is 0 Å². The molecule has 4 aromatic heterocycles. The molecular formula is C70H84I2N8O9S. The second-order valence-electron chi connectivity index (χ2n) is 23.2. The largest absolute Gasteiger partial charge is 0.493 e. The van der Waals surface area contributed by atoms with E-state index in [0.717, 1.165) is 94.4 Å². The van der Waals surface area contributed by atoms with Crippen LogP contribution in [0.25, 0.3) is 56.2 Å². The molecule has 0 saturated carbocycles. The van der Waals surface area contributed by atoms with Gasteiger partial charge in [0.25, 0.3) is 0 Å². The highest BCUT2D eigenvalue weighted by atomic mass is 127. The number of rotatable bonds is 33. The summed E-state index contributed by atoms with van der Waals surface area (Å²) in [6, 6.07) is 29.2. The summed E-state index contributed by atoms with van der Waals surface area (Å²) in [6.07, 6.45) is 10.2. The first kappa shape index (κ1) is 69.5. The fraction of sp³-hybridized carbons (Fsp3) is 0.400. The number of thiazole rings is 1. The van der Waals surface area contributed by atoms with E-state index in [2.05, 4.69) is 122 Å². The smallest absolute Gasteiger partial charge is 0.246 e. The maximum Gasteiger partial charge on any atom is 0.246 e. The van der Waals surface area contributed by atoms with E-state index in [-0.39, 0.29) is 71.7 Å². The molecule has 4 atom stereocenters. The van der Waals surface area contributed by atoms with Gasteiger partial charge in [-0.25, -0.2) is 9.97 Å². The lowest BCUT2D eigenvalue weighted by molar-refractivity contribution is -0.144. The summed E-state index contributed by atoms with van der Waals surface area (Å²) in [6.45, 7) is 18.1. The first-order valence-electron chi connectivity index (χ1n) is 30.5. The van der Waals surface area contributed by atoms with E-state index < -0.39 is 29.5 Å². The van der Waals surface area contributed by atoms with E-state index in [0.29, 0.717) is 56.7 Å². The van der Waals surface area contributed by atoms with Crippen molar-refractivity contribution >= 4 is 94.9 Å². The fourth-order valence-corrected chi connectivity index (χ4v) is 14.4. The number of aliphatic hydroxyl groups excluding tert-OH is 1. The minimum atomic E-state index is -0.932. The molecule has 0 spiro atoms. The molecule has 1 fully saturated rings. The predicted molar refractivity (Wildman–Crippen MR) is 378 cm³/mol. The molecule has 7 aromatic rings. The molecule has 1 aliphatic rings. The normalized spacial score (nSPS) is 14.8. The number of anilines is 1. The van der Waals surface area contributed by atoms with E-state index in [4.69, 9.17) is 33.7 Å². The Bertz CT molecular complexity index is 3520. The van der Waals surface area contributed by atoms with Gasteiger partial charge in [-0.2, -0.15) is 0 Å². The monoisotopic (exact) mass is 1470 g/mol. The van der Waals surface area contributed by atoms with Crippen molar-refractivity contribution in [3.63, 3.8) is 0 Å². The molecule has 1 unspecified atom stereocenters. The maximum absolute atomic E-state index is 14.0. The third-order valence-corrected chi connectivity index (χ3v) is 20.4. The van der Waals surface area contributed by atoms with Crippen LogP contribution in [-0.2, 0) is 39.9 Å². The number of ether oxygens (including phenoxy) is 5. The van der Waals surface area contributed by atoms with Gasteiger partial charge < -0.3 is 49.6 Å². The van der Waals surface area contributed by atoms with Crippen LogP contribution in [0.4, 0.5) is 5.82 Å². The van der Waals surface area contributed by atoms with Crippen molar-refractivity contribution in [2.45, 2.75) is 96.4 Å². The minimum absolute atomic E-state index is 0.00558. The summed E-state index contributed by atoms with van der Waals surface area (Å²) < 4.78 is 34.7. The molecule has 1 saturated heterocycles. The first-order valence-corrected chi connectivity index (χ1v) is 35.7. The van der Waals surface area contributed by atoms with Crippen LogP contribution in [0.1, 0.15) is 90.0 Å². The molecule has 1 aliphatic heterocycles. The molecular weight excluding hydrogens is 1380 g/mol. The zero-order valence-electron chi connectivity index (χ0n) is 52.6. The standard InChI is InChI=1S/C70H84I2N8O9S/c1-9-26-89-61-13-11-10-12-57(61)54-37-52(21-16-49-15-14-46(2)58(36-49)59(71)39-72-8)65(76-42-54)55-35-47(3)64(75-43-55)53-22-23-62(74-41-53)73-25-28-86-30-32-88-34-33-87-31-29-85-27-24-63(82)79-67(70(5,6)7)69(84)80-44-56(81)38-60(80)68(83)77-40-50-17-19-51(20-18-50)66-48(4)78-45-90-66/h10-23,35-37,41-43,45,56,59-60,67,81H,8-9,24-34,38-40,44H2,1-7H3,(H,73,74)(H,77,83)(H,79,82)/b21-16+/t56-,59?,60+,67-/m1/s1. The number of carbonyl (C=O) groups is 3. The van der Waals surface area contributed by atoms with Gasteiger partial charge in [-0.3, -0.25) is 24.4 Å². The Morgan fingerprint density at radius 1 is 0.778 bits per heavy atom. The predicted octanol–water partition coefficient (Wildman–Crippen LogP) is 12.4. The average Bonchev–Trinajstić information content (AvgIpc) is 1.19. The van der Waals surface area contributed by atoms with Crippen LogP contribution < -0.4 is 20.7 Å². The molecule has 3 aromatic carbocycles.